The quantitative estimate of drug-likeness (QED) is 0.513. The van der Waals surface area contributed by atoms with E-state index in [-0.39, 0.29) is 36.2 Å². The average Bonchev–Trinajstić information content (AvgIpc) is 3.32. The second kappa shape index (κ2) is 12.0. The second-order valence-electron chi connectivity index (χ2n) is 9.37. The van der Waals surface area contributed by atoms with E-state index in [9.17, 15) is 19.5 Å². The van der Waals surface area contributed by atoms with Gasteiger partial charge in [-0.15, -0.1) is 12.4 Å². The highest BCUT2D eigenvalue weighted by molar-refractivity contribution is 5.88. The smallest absolute Gasteiger partial charge is 0.326 e. The Labute approximate surface area is 192 Å². The molecule has 0 radical (unpaired) electrons. The number of hydrogen-bond acceptors (Lipinski definition) is 5. The largest absolute Gasteiger partial charge is 0.480 e. The highest BCUT2D eigenvalue weighted by atomic mass is 35.5. The van der Waals surface area contributed by atoms with Gasteiger partial charge in [0.25, 0.3) is 0 Å². The molecule has 1 aliphatic heterocycles. The normalized spacial score (nSPS) is 27.8. The number of carbonyl (C=O) groups excluding carboxylic acids is 2. The summed E-state index contributed by atoms with van der Waals surface area (Å²) in [7, 11) is 0. The summed E-state index contributed by atoms with van der Waals surface area (Å²) in [6.45, 7) is 3.84. The molecule has 178 valence electrons. The Morgan fingerprint density at radius 2 is 1.81 bits per heavy atom. The Bertz CT molecular complexity index is 625. The van der Waals surface area contributed by atoms with Gasteiger partial charge < -0.3 is 14.7 Å². The Morgan fingerprint density at radius 1 is 1.10 bits per heavy atom. The Balaban J connectivity index is 0.00000341. The first-order chi connectivity index (χ1) is 14.4. The maximum Gasteiger partial charge on any atom is 0.326 e. The van der Waals surface area contributed by atoms with Crippen LogP contribution in [0.2, 0.25) is 0 Å². The number of nitrogens with one attached hydrogen (secondary N) is 1. The molecular formula is C23H39ClN2O5. The summed E-state index contributed by atoms with van der Waals surface area (Å²) in [5, 5.41) is 12.8. The van der Waals surface area contributed by atoms with Crippen molar-refractivity contribution in [2.75, 3.05) is 6.61 Å². The van der Waals surface area contributed by atoms with E-state index in [0.717, 1.165) is 25.7 Å². The van der Waals surface area contributed by atoms with Gasteiger partial charge >= 0.3 is 11.9 Å². The van der Waals surface area contributed by atoms with Crippen LogP contribution in [0.1, 0.15) is 84.5 Å². The van der Waals surface area contributed by atoms with E-state index >= 15 is 0 Å². The number of likely N-dealkylation sites (tertiary alicyclic amines) is 1. The molecule has 0 bridgehead atoms. The zero-order chi connectivity index (χ0) is 21.7. The van der Waals surface area contributed by atoms with Gasteiger partial charge in [-0.1, -0.05) is 38.5 Å². The molecule has 31 heavy (non-hydrogen) atoms. The molecule has 2 saturated carbocycles. The van der Waals surface area contributed by atoms with Crippen molar-refractivity contribution >= 4 is 30.3 Å². The first-order valence-corrected chi connectivity index (χ1v) is 11.9. The fourth-order valence-corrected chi connectivity index (χ4v) is 5.81. The molecule has 0 aromatic rings. The zero-order valence-corrected chi connectivity index (χ0v) is 19.7. The molecule has 5 atom stereocenters. The van der Waals surface area contributed by atoms with Gasteiger partial charge in [0.05, 0.1) is 12.6 Å². The third-order valence-corrected chi connectivity index (χ3v) is 7.36. The molecule has 2 aliphatic carbocycles. The maximum absolute atomic E-state index is 13.3. The lowest BCUT2D eigenvalue weighted by Gasteiger charge is -2.32. The molecule has 0 aromatic heterocycles. The van der Waals surface area contributed by atoms with Crippen LogP contribution in [0.3, 0.4) is 0 Å². The third-order valence-electron chi connectivity index (χ3n) is 7.36. The molecule has 0 spiro atoms. The second-order valence-corrected chi connectivity index (χ2v) is 9.37. The molecule has 7 nitrogen and oxygen atoms in total. The number of rotatable bonds is 9. The summed E-state index contributed by atoms with van der Waals surface area (Å²) < 4.78 is 5.26. The van der Waals surface area contributed by atoms with Crippen LogP contribution in [-0.4, -0.2) is 58.6 Å². The number of nitrogens with zero attached hydrogens (tertiary/aromatic N) is 1. The van der Waals surface area contributed by atoms with Crippen LogP contribution >= 0.6 is 12.4 Å². The zero-order valence-electron chi connectivity index (χ0n) is 18.9. The number of ether oxygens (including phenoxy) is 1. The molecule has 1 amide bonds. The lowest BCUT2D eigenvalue weighted by molar-refractivity contribution is -0.151. The van der Waals surface area contributed by atoms with Crippen molar-refractivity contribution in [1.29, 1.82) is 0 Å². The van der Waals surface area contributed by atoms with Gasteiger partial charge in [-0.2, -0.15) is 0 Å². The van der Waals surface area contributed by atoms with E-state index in [1.807, 2.05) is 0 Å². The topological polar surface area (TPSA) is 95.9 Å². The van der Waals surface area contributed by atoms with Gasteiger partial charge in [0.15, 0.2) is 0 Å². The fraction of sp³-hybridized carbons (Fsp3) is 0.870. The number of esters is 1. The predicted octanol–water partition coefficient (Wildman–Crippen LogP) is 3.53. The van der Waals surface area contributed by atoms with Crippen LogP contribution in [0.15, 0.2) is 0 Å². The number of carboxylic acids is 1. The van der Waals surface area contributed by atoms with E-state index in [1.54, 1.807) is 18.7 Å². The molecule has 3 aliphatic rings. The first kappa shape index (κ1) is 25.9. The van der Waals surface area contributed by atoms with E-state index in [2.05, 4.69) is 5.32 Å². The van der Waals surface area contributed by atoms with Crippen LogP contribution in [0.25, 0.3) is 0 Å². The highest BCUT2D eigenvalue weighted by Crippen LogP contribution is 2.41. The van der Waals surface area contributed by atoms with Crippen molar-refractivity contribution < 1.29 is 24.2 Å². The summed E-state index contributed by atoms with van der Waals surface area (Å²) in [6.07, 6.45) is 11.3. The minimum atomic E-state index is -0.927. The number of hydrogen-bond donors (Lipinski definition) is 2. The fourth-order valence-electron chi connectivity index (χ4n) is 5.81. The van der Waals surface area contributed by atoms with Crippen molar-refractivity contribution in [3.05, 3.63) is 0 Å². The van der Waals surface area contributed by atoms with E-state index in [0.29, 0.717) is 25.4 Å². The van der Waals surface area contributed by atoms with Crippen LogP contribution in [0, 0.1) is 11.8 Å². The molecule has 3 fully saturated rings. The summed E-state index contributed by atoms with van der Waals surface area (Å²) in [6, 6.07) is -1.88. The third kappa shape index (κ3) is 6.35. The number of fused-ring (bicyclic) bond motifs is 1. The lowest BCUT2D eigenvalue weighted by atomic mass is 9.85. The number of halogens is 1. The van der Waals surface area contributed by atoms with Gasteiger partial charge in [-0.05, 0) is 57.8 Å². The summed E-state index contributed by atoms with van der Waals surface area (Å²) >= 11 is 0. The number of carboxylic acid groups (broad SMARTS) is 1. The van der Waals surface area contributed by atoms with E-state index in [4.69, 9.17) is 4.74 Å². The van der Waals surface area contributed by atoms with Gasteiger partial charge in [-0.25, -0.2) is 4.79 Å². The van der Waals surface area contributed by atoms with Crippen molar-refractivity contribution in [3.8, 4) is 0 Å². The summed E-state index contributed by atoms with van der Waals surface area (Å²) in [5.74, 6) is -0.525. The molecule has 0 aromatic carbocycles. The van der Waals surface area contributed by atoms with E-state index < -0.39 is 24.1 Å². The van der Waals surface area contributed by atoms with Gasteiger partial charge in [0.1, 0.15) is 12.1 Å². The molecule has 8 heteroatoms. The van der Waals surface area contributed by atoms with Gasteiger partial charge in [-0.3, -0.25) is 14.9 Å². The minimum absolute atomic E-state index is 0. The standard InChI is InChI=1S/C23H38N2O5.ClH/c1-3-30-23(29)18(13-12-16-8-5-4-6-9-16)24-15(2)21(26)25-19-11-7-10-17(19)14-20(25)22(27)28;/h15-20,24H,3-14H2,1-2H3,(H,27,28);1H/t15-,17-,18-,19-,20-;/m0./s1. The van der Waals surface area contributed by atoms with Crippen LogP contribution < -0.4 is 5.32 Å². The Kier molecular flexibility index (Phi) is 10.1. The van der Waals surface area contributed by atoms with E-state index in [1.165, 1.54) is 32.1 Å². The first-order valence-electron chi connectivity index (χ1n) is 11.9. The Hall–Kier alpha value is -1.34. The SMILES string of the molecule is CCOC(=O)[C@H](CCC1CCCCC1)N[C@@H](C)C(=O)N1[C@H](C(=O)O)C[C@@H]2CCC[C@@H]21.Cl. The molecule has 0 unspecified atom stereocenters. The molecule has 2 N–H and O–H groups in total. The van der Waals surface area contributed by atoms with Crippen molar-refractivity contribution in [2.45, 2.75) is 109 Å². The van der Waals surface area contributed by atoms with Gasteiger partial charge in [0.2, 0.25) is 5.91 Å². The monoisotopic (exact) mass is 458 g/mol. The van der Waals surface area contributed by atoms with Crippen LogP contribution in [0.5, 0.6) is 0 Å². The molecule has 1 saturated heterocycles. The molecule has 1 heterocycles. The molecule has 3 rings (SSSR count). The number of amides is 1. The van der Waals surface area contributed by atoms with Crippen LogP contribution in [-0.2, 0) is 19.1 Å². The van der Waals surface area contributed by atoms with Crippen molar-refractivity contribution in [1.82, 2.24) is 10.2 Å². The highest BCUT2D eigenvalue weighted by Gasteiger charge is 2.49. The van der Waals surface area contributed by atoms with Crippen LogP contribution in [0.4, 0.5) is 0 Å². The summed E-state index contributed by atoms with van der Waals surface area (Å²) in [5.41, 5.74) is 0. The number of carbonyl (C=O) groups is 3. The van der Waals surface area contributed by atoms with Crippen molar-refractivity contribution in [2.24, 2.45) is 11.8 Å². The maximum atomic E-state index is 13.3. The lowest BCUT2D eigenvalue weighted by Crippen LogP contribution is -2.55. The van der Waals surface area contributed by atoms with Crippen molar-refractivity contribution in [3.63, 3.8) is 0 Å². The van der Waals surface area contributed by atoms with Gasteiger partial charge in [0, 0.05) is 6.04 Å². The minimum Gasteiger partial charge on any atom is -0.480 e. The number of aliphatic carboxylic acids is 1. The average molecular weight is 459 g/mol. The predicted molar refractivity (Wildman–Crippen MR) is 120 cm³/mol. The Morgan fingerprint density at radius 3 is 2.45 bits per heavy atom. The summed E-state index contributed by atoms with van der Waals surface area (Å²) in [4.78, 5) is 39.2. The molecular weight excluding hydrogens is 420 g/mol.